The Morgan fingerprint density at radius 2 is 1.87 bits per heavy atom. The number of ketones is 1. The molecular formula is C20H28O3. The fourth-order valence-corrected chi connectivity index (χ4v) is 4.63. The number of epoxide rings is 2. The van der Waals surface area contributed by atoms with Crippen LogP contribution < -0.4 is 0 Å². The van der Waals surface area contributed by atoms with Crippen LogP contribution in [0.1, 0.15) is 59.8 Å². The van der Waals surface area contributed by atoms with Gasteiger partial charge in [0.15, 0.2) is 5.78 Å². The fourth-order valence-electron chi connectivity index (χ4n) is 4.63. The number of hydrogen-bond acceptors (Lipinski definition) is 3. The van der Waals surface area contributed by atoms with Gasteiger partial charge in [-0.05, 0) is 62.9 Å². The van der Waals surface area contributed by atoms with E-state index >= 15 is 0 Å². The SMILES string of the molecule is C=C1C2=CCC(C)C1(C)CCC1(C)OC1CCC1(C)OC1C2=O. The Labute approximate surface area is 139 Å². The molecule has 3 fully saturated rings. The molecule has 2 aliphatic carbocycles. The lowest BCUT2D eigenvalue weighted by Gasteiger charge is -2.42. The maximum Gasteiger partial charge on any atom is 0.194 e. The molecule has 6 unspecified atom stereocenters. The number of carbonyl (C=O) groups is 1. The summed E-state index contributed by atoms with van der Waals surface area (Å²) in [5, 5.41) is 0. The third kappa shape index (κ3) is 2.20. The maximum absolute atomic E-state index is 12.9. The van der Waals surface area contributed by atoms with Gasteiger partial charge in [-0.25, -0.2) is 0 Å². The molecule has 6 atom stereocenters. The van der Waals surface area contributed by atoms with E-state index in [1.54, 1.807) is 0 Å². The lowest BCUT2D eigenvalue weighted by Crippen LogP contribution is -2.36. The second-order valence-corrected chi connectivity index (χ2v) is 8.78. The summed E-state index contributed by atoms with van der Waals surface area (Å²) < 4.78 is 11.9. The summed E-state index contributed by atoms with van der Waals surface area (Å²) in [5.41, 5.74) is 1.53. The Hall–Kier alpha value is -0.930. The van der Waals surface area contributed by atoms with Crippen molar-refractivity contribution in [2.75, 3.05) is 0 Å². The minimum atomic E-state index is -0.302. The van der Waals surface area contributed by atoms with E-state index in [0.29, 0.717) is 12.0 Å². The van der Waals surface area contributed by atoms with Crippen LogP contribution in [0.25, 0.3) is 0 Å². The molecule has 2 aliphatic heterocycles. The maximum atomic E-state index is 12.9. The van der Waals surface area contributed by atoms with Gasteiger partial charge < -0.3 is 9.47 Å². The molecule has 2 bridgehead atoms. The average Bonchev–Trinajstić information content (AvgIpc) is 3.37. The summed E-state index contributed by atoms with van der Waals surface area (Å²) in [6.45, 7) is 13.2. The minimum absolute atomic E-state index is 0.00822. The molecular weight excluding hydrogens is 288 g/mol. The number of carbonyl (C=O) groups excluding carboxylic acids is 1. The first-order valence-corrected chi connectivity index (χ1v) is 8.99. The van der Waals surface area contributed by atoms with Crippen molar-refractivity contribution < 1.29 is 14.3 Å². The minimum Gasteiger partial charge on any atom is -0.366 e. The van der Waals surface area contributed by atoms with Gasteiger partial charge >= 0.3 is 0 Å². The third-order valence-electron chi connectivity index (χ3n) is 7.24. The highest BCUT2D eigenvalue weighted by atomic mass is 16.6. The van der Waals surface area contributed by atoms with Gasteiger partial charge in [0.1, 0.15) is 11.7 Å². The summed E-state index contributed by atoms with van der Waals surface area (Å²) in [5.74, 6) is 0.650. The Kier molecular flexibility index (Phi) is 3.10. The van der Waals surface area contributed by atoms with Gasteiger partial charge in [-0.2, -0.15) is 0 Å². The first-order chi connectivity index (χ1) is 10.7. The standard InChI is InChI=1S/C20H28O3/c1-12-6-7-14-13(2)18(12,3)10-11-19(4)15(22-19)8-9-20(5)17(23-20)16(14)21/h7,12,15,17H,2,6,8-11H2,1,3-5H3. The first-order valence-electron chi connectivity index (χ1n) is 8.99. The van der Waals surface area contributed by atoms with Gasteiger partial charge in [-0.3, -0.25) is 4.79 Å². The van der Waals surface area contributed by atoms with Crippen LogP contribution in [0.4, 0.5) is 0 Å². The van der Waals surface area contributed by atoms with Gasteiger partial charge in [0, 0.05) is 5.57 Å². The Morgan fingerprint density at radius 1 is 1.13 bits per heavy atom. The average molecular weight is 316 g/mol. The predicted molar refractivity (Wildman–Crippen MR) is 89.1 cm³/mol. The topological polar surface area (TPSA) is 42.1 Å². The molecule has 0 amide bonds. The zero-order valence-electron chi connectivity index (χ0n) is 14.8. The summed E-state index contributed by atoms with van der Waals surface area (Å²) >= 11 is 0. The van der Waals surface area contributed by atoms with Gasteiger partial charge in [0.25, 0.3) is 0 Å². The highest BCUT2D eigenvalue weighted by molar-refractivity contribution is 6.05. The van der Waals surface area contributed by atoms with Crippen molar-refractivity contribution in [3.05, 3.63) is 23.8 Å². The summed E-state index contributed by atoms with van der Waals surface area (Å²) in [6, 6.07) is 0. The van der Waals surface area contributed by atoms with Crippen LogP contribution in [0.3, 0.4) is 0 Å². The zero-order chi connectivity index (χ0) is 16.6. The fraction of sp³-hybridized carbons (Fsp3) is 0.750. The van der Waals surface area contributed by atoms with Gasteiger partial charge in [-0.1, -0.05) is 26.5 Å². The highest BCUT2D eigenvalue weighted by Crippen LogP contribution is 2.55. The van der Waals surface area contributed by atoms with Crippen molar-refractivity contribution in [1.29, 1.82) is 0 Å². The molecule has 0 aromatic carbocycles. The van der Waals surface area contributed by atoms with E-state index in [-0.39, 0.29) is 28.5 Å². The Bertz CT molecular complexity index is 620. The van der Waals surface area contributed by atoms with Crippen LogP contribution in [-0.4, -0.2) is 29.2 Å². The van der Waals surface area contributed by atoms with E-state index in [1.165, 1.54) is 0 Å². The molecule has 0 N–H and O–H groups in total. The third-order valence-corrected chi connectivity index (χ3v) is 7.24. The Morgan fingerprint density at radius 3 is 2.61 bits per heavy atom. The first kappa shape index (κ1) is 15.6. The smallest absolute Gasteiger partial charge is 0.194 e. The van der Waals surface area contributed by atoms with Crippen molar-refractivity contribution in [2.45, 2.75) is 83.2 Å². The predicted octanol–water partition coefficient (Wildman–Crippen LogP) is 3.97. The van der Waals surface area contributed by atoms with E-state index in [0.717, 1.165) is 43.3 Å². The van der Waals surface area contributed by atoms with E-state index in [4.69, 9.17) is 9.47 Å². The molecule has 3 nitrogen and oxygen atoms in total. The second kappa shape index (κ2) is 4.58. The molecule has 0 radical (unpaired) electrons. The van der Waals surface area contributed by atoms with Crippen molar-refractivity contribution in [3.8, 4) is 0 Å². The van der Waals surface area contributed by atoms with Crippen LogP contribution >= 0.6 is 0 Å². The summed E-state index contributed by atoms with van der Waals surface area (Å²) in [6.07, 6.45) is 7.05. The summed E-state index contributed by atoms with van der Waals surface area (Å²) in [4.78, 5) is 12.9. The van der Waals surface area contributed by atoms with E-state index in [2.05, 4.69) is 40.3 Å². The number of hydrogen-bond donors (Lipinski definition) is 0. The van der Waals surface area contributed by atoms with Crippen molar-refractivity contribution in [2.24, 2.45) is 11.3 Å². The lowest BCUT2D eigenvalue weighted by atomic mass is 9.62. The Balaban J connectivity index is 1.70. The van der Waals surface area contributed by atoms with Gasteiger partial charge in [0.2, 0.25) is 0 Å². The normalized spacial score (nSPS) is 52.5. The molecule has 2 saturated heterocycles. The molecule has 0 aromatic heterocycles. The largest absolute Gasteiger partial charge is 0.366 e. The second-order valence-electron chi connectivity index (χ2n) is 8.78. The monoisotopic (exact) mass is 316 g/mol. The molecule has 3 heteroatoms. The van der Waals surface area contributed by atoms with Gasteiger partial charge in [0.05, 0.1) is 11.7 Å². The quantitative estimate of drug-likeness (QED) is 0.635. The molecule has 1 saturated carbocycles. The number of Topliss-reactive ketones (excluding diaryl/α,β-unsaturated/α-hetero) is 1. The van der Waals surface area contributed by atoms with Crippen LogP contribution in [0.15, 0.2) is 23.8 Å². The van der Waals surface area contributed by atoms with Crippen LogP contribution in [0, 0.1) is 11.3 Å². The van der Waals surface area contributed by atoms with E-state index in [1.807, 2.05) is 0 Å². The van der Waals surface area contributed by atoms with Crippen molar-refractivity contribution in [3.63, 3.8) is 0 Å². The number of allylic oxidation sites excluding steroid dienone is 2. The molecule has 126 valence electrons. The van der Waals surface area contributed by atoms with Crippen molar-refractivity contribution >= 4 is 5.78 Å². The number of fused-ring (bicyclic) bond motifs is 4. The van der Waals surface area contributed by atoms with Crippen LogP contribution in [-0.2, 0) is 14.3 Å². The highest BCUT2D eigenvalue weighted by Gasteiger charge is 2.61. The van der Waals surface area contributed by atoms with E-state index in [9.17, 15) is 4.79 Å². The molecule has 0 aromatic rings. The molecule has 23 heavy (non-hydrogen) atoms. The molecule has 4 rings (SSSR count). The van der Waals surface area contributed by atoms with Crippen molar-refractivity contribution in [1.82, 2.24) is 0 Å². The number of rotatable bonds is 0. The summed E-state index contributed by atoms with van der Waals surface area (Å²) in [7, 11) is 0. The zero-order valence-corrected chi connectivity index (χ0v) is 14.8. The van der Waals surface area contributed by atoms with Gasteiger partial charge in [-0.15, -0.1) is 0 Å². The lowest BCUT2D eigenvalue weighted by molar-refractivity contribution is -0.116. The van der Waals surface area contributed by atoms with Crippen LogP contribution in [0.5, 0.6) is 0 Å². The molecule has 2 heterocycles. The van der Waals surface area contributed by atoms with Crippen LogP contribution in [0.2, 0.25) is 0 Å². The molecule has 0 spiro atoms. The molecule has 4 aliphatic rings. The van der Waals surface area contributed by atoms with E-state index < -0.39 is 0 Å². The number of ether oxygens (including phenoxy) is 2.